The third kappa shape index (κ3) is 1.50. The number of hydrogen-bond donors (Lipinski definition) is 2. The first-order valence-corrected chi connectivity index (χ1v) is 5.22. The van der Waals surface area contributed by atoms with Gasteiger partial charge < -0.3 is 10.6 Å². The maximum Gasteiger partial charge on any atom is 0.416 e. The van der Waals surface area contributed by atoms with Gasteiger partial charge in [0.05, 0.1) is 22.5 Å². The lowest BCUT2D eigenvalue weighted by atomic mass is 10.1. The Morgan fingerprint density at radius 1 is 1.12 bits per heavy atom. The molecule has 0 bridgehead atoms. The Kier molecular flexibility index (Phi) is 1.74. The molecule has 16 heavy (non-hydrogen) atoms. The molecule has 0 aromatic heterocycles. The lowest BCUT2D eigenvalue weighted by Crippen LogP contribution is -2.35. The zero-order valence-electron chi connectivity index (χ0n) is 8.49. The van der Waals surface area contributed by atoms with Crippen LogP contribution in [0.15, 0.2) is 18.2 Å². The van der Waals surface area contributed by atoms with E-state index in [-0.39, 0.29) is 5.54 Å². The topological polar surface area (TPSA) is 24.1 Å². The molecule has 3 rings (SSSR count). The van der Waals surface area contributed by atoms with E-state index >= 15 is 0 Å². The normalized spacial score (nSPS) is 20.9. The minimum atomic E-state index is -4.27. The van der Waals surface area contributed by atoms with Crippen LogP contribution in [-0.4, -0.2) is 12.1 Å². The minimum Gasteiger partial charge on any atom is -0.381 e. The summed E-state index contributed by atoms with van der Waals surface area (Å²) >= 11 is 0. The molecule has 2 N–H and O–H groups in total. The van der Waals surface area contributed by atoms with Crippen molar-refractivity contribution < 1.29 is 13.2 Å². The van der Waals surface area contributed by atoms with Crippen molar-refractivity contribution in [2.24, 2.45) is 0 Å². The van der Waals surface area contributed by atoms with Crippen molar-refractivity contribution in [2.45, 2.75) is 24.6 Å². The summed E-state index contributed by atoms with van der Waals surface area (Å²) in [6.45, 7) is 0.797. The van der Waals surface area contributed by atoms with Gasteiger partial charge in [-0.3, -0.25) is 0 Å². The molecule has 0 unspecified atom stereocenters. The van der Waals surface area contributed by atoms with E-state index in [1.165, 1.54) is 12.1 Å². The number of anilines is 2. The number of halogens is 3. The van der Waals surface area contributed by atoms with Crippen LogP contribution < -0.4 is 10.6 Å². The van der Waals surface area contributed by atoms with Crippen molar-refractivity contribution in [3.8, 4) is 0 Å². The number of nitrogens with one attached hydrogen (secondary N) is 2. The average Bonchev–Trinajstić information content (AvgIpc) is 2.95. The lowest BCUT2D eigenvalue weighted by Gasteiger charge is -2.29. The Morgan fingerprint density at radius 2 is 1.88 bits per heavy atom. The standard InChI is InChI=1S/C11H11F3N2/c12-11(13,14)7-1-2-8-9(5-7)16-10(3-4-10)6-15-8/h1-2,5,15-16H,3-4,6H2. The smallest absolute Gasteiger partial charge is 0.381 e. The summed E-state index contributed by atoms with van der Waals surface area (Å²) in [5.74, 6) is 0. The van der Waals surface area contributed by atoms with Crippen LogP contribution in [0.2, 0.25) is 0 Å². The fourth-order valence-corrected chi connectivity index (χ4v) is 2.03. The van der Waals surface area contributed by atoms with Crippen LogP contribution in [0.3, 0.4) is 0 Å². The van der Waals surface area contributed by atoms with Gasteiger partial charge >= 0.3 is 6.18 Å². The van der Waals surface area contributed by atoms with E-state index in [0.717, 1.165) is 31.1 Å². The predicted octanol–water partition coefficient (Wildman–Crippen LogP) is 3.08. The molecule has 0 radical (unpaired) electrons. The molecule has 2 nitrogen and oxygen atoms in total. The van der Waals surface area contributed by atoms with Crippen LogP contribution >= 0.6 is 0 Å². The third-order valence-electron chi connectivity index (χ3n) is 3.22. The van der Waals surface area contributed by atoms with Crippen LogP contribution in [0.25, 0.3) is 0 Å². The van der Waals surface area contributed by atoms with Crippen LogP contribution in [-0.2, 0) is 6.18 Å². The summed E-state index contributed by atoms with van der Waals surface area (Å²) < 4.78 is 37.6. The van der Waals surface area contributed by atoms with Gasteiger partial charge in [0.15, 0.2) is 0 Å². The predicted molar refractivity (Wildman–Crippen MR) is 55.5 cm³/mol. The van der Waals surface area contributed by atoms with E-state index in [0.29, 0.717) is 5.69 Å². The van der Waals surface area contributed by atoms with Crippen LogP contribution in [0, 0.1) is 0 Å². The molecular weight excluding hydrogens is 217 g/mol. The largest absolute Gasteiger partial charge is 0.416 e. The molecular formula is C11H11F3N2. The molecule has 1 aliphatic heterocycles. The van der Waals surface area contributed by atoms with Gasteiger partial charge in [-0.15, -0.1) is 0 Å². The Hall–Kier alpha value is -1.39. The molecule has 1 aromatic carbocycles. The number of hydrogen-bond acceptors (Lipinski definition) is 2. The SMILES string of the molecule is FC(F)(F)c1ccc2c(c1)NC1(CC1)CN2. The number of fused-ring (bicyclic) bond motifs is 1. The maximum absolute atomic E-state index is 12.5. The van der Waals surface area contributed by atoms with Crippen LogP contribution in [0.5, 0.6) is 0 Å². The Bertz CT molecular complexity index is 435. The van der Waals surface area contributed by atoms with Crippen LogP contribution in [0.4, 0.5) is 24.5 Å². The minimum absolute atomic E-state index is 0.0111. The summed E-state index contributed by atoms with van der Waals surface area (Å²) in [6, 6.07) is 3.78. The van der Waals surface area contributed by atoms with Gasteiger partial charge in [-0.25, -0.2) is 0 Å². The van der Waals surface area contributed by atoms with E-state index in [4.69, 9.17) is 0 Å². The van der Waals surface area contributed by atoms with Gasteiger partial charge in [0, 0.05) is 6.54 Å². The molecule has 1 aromatic rings. The van der Waals surface area contributed by atoms with Crippen molar-refractivity contribution >= 4 is 11.4 Å². The Labute approximate surface area is 90.8 Å². The van der Waals surface area contributed by atoms with Gasteiger partial charge in [0.2, 0.25) is 0 Å². The lowest BCUT2D eigenvalue weighted by molar-refractivity contribution is -0.137. The highest BCUT2D eigenvalue weighted by molar-refractivity contribution is 5.74. The molecule has 5 heteroatoms. The fraction of sp³-hybridized carbons (Fsp3) is 0.455. The van der Waals surface area contributed by atoms with Gasteiger partial charge in [-0.05, 0) is 31.0 Å². The first-order chi connectivity index (χ1) is 7.49. The Morgan fingerprint density at radius 3 is 2.50 bits per heavy atom. The maximum atomic E-state index is 12.5. The average molecular weight is 228 g/mol. The van der Waals surface area contributed by atoms with Gasteiger partial charge in [0.1, 0.15) is 0 Å². The fourth-order valence-electron chi connectivity index (χ4n) is 2.03. The number of alkyl halides is 3. The molecule has 1 aliphatic carbocycles. The highest BCUT2D eigenvalue weighted by Crippen LogP contribution is 2.45. The second-order valence-corrected chi connectivity index (χ2v) is 4.52. The highest BCUT2D eigenvalue weighted by Gasteiger charge is 2.45. The van der Waals surface area contributed by atoms with Crippen molar-refractivity contribution in [2.75, 3.05) is 17.2 Å². The van der Waals surface area contributed by atoms with Crippen molar-refractivity contribution in [3.63, 3.8) is 0 Å². The van der Waals surface area contributed by atoms with Gasteiger partial charge in [0.25, 0.3) is 0 Å². The third-order valence-corrected chi connectivity index (χ3v) is 3.22. The summed E-state index contributed by atoms with van der Waals surface area (Å²) in [7, 11) is 0. The van der Waals surface area contributed by atoms with E-state index in [1.807, 2.05) is 0 Å². The zero-order valence-corrected chi connectivity index (χ0v) is 8.49. The second kappa shape index (κ2) is 2.84. The summed E-state index contributed by atoms with van der Waals surface area (Å²) in [5.41, 5.74) is 0.736. The molecule has 1 spiro atoms. The molecule has 86 valence electrons. The molecule has 1 saturated carbocycles. The number of rotatable bonds is 0. The molecule has 1 heterocycles. The second-order valence-electron chi connectivity index (χ2n) is 4.52. The quantitative estimate of drug-likeness (QED) is 0.713. The highest BCUT2D eigenvalue weighted by atomic mass is 19.4. The number of benzene rings is 1. The Balaban J connectivity index is 1.98. The molecule has 0 saturated heterocycles. The van der Waals surface area contributed by atoms with Gasteiger partial charge in [-0.2, -0.15) is 13.2 Å². The molecule has 1 fully saturated rings. The van der Waals surface area contributed by atoms with Crippen LogP contribution in [0.1, 0.15) is 18.4 Å². The van der Waals surface area contributed by atoms with E-state index in [1.54, 1.807) is 0 Å². The molecule has 0 amide bonds. The first kappa shape index (κ1) is 9.81. The first-order valence-electron chi connectivity index (χ1n) is 5.22. The summed E-state index contributed by atoms with van der Waals surface area (Å²) in [4.78, 5) is 0. The monoisotopic (exact) mass is 228 g/mol. The van der Waals surface area contributed by atoms with E-state index < -0.39 is 11.7 Å². The van der Waals surface area contributed by atoms with E-state index in [2.05, 4.69) is 10.6 Å². The summed E-state index contributed by atoms with van der Waals surface area (Å²) in [5, 5.41) is 6.36. The van der Waals surface area contributed by atoms with Crippen molar-refractivity contribution in [3.05, 3.63) is 23.8 Å². The molecule has 2 aliphatic rings. The van der Waals surface area contributed by atoms with Crippen molar-refractivity contribution in [1.29, 1.82) is 0 Å². The van der Waals surface area contributed by atoms with Gasteiger partial charge in [-0.1, -0.05) is 0 Å². The molecule has 0 atom stereocenters. The zero-order chi connectivity index (χ0) is 11.4. The summed E-state index contributed by atoms with van der Waals surface area (Å²) in [6.07, 6.45) is -2.23. The van der Waals surface area contributed by atoms with E-state index in [9.17, 15) is 13.2 Å². The van der Waals surface area contributed by atoms with Crippen molar-refractivity contribution in [1.82, 2.24) is 0 Å².